The molecule has 26 heavy (non-hydrogen) atoms. The van der Waals surface area contributed by atoms with Crippen molar-refractivity contribution in [1.82, 2.24) is 9.71 Å². The number of halogens is 1. The van der Waals surface area contributed by atoms with E-state index in [0.717, 1.165) is 10.4 Å². The van der Waals surface area contributed by atoms with Gasteiger partial charge in [-0.1, -0.05) is 54.4 Å². The van der Waals surface area contributed by atoms with Gasteiger partial charge in [-0.2, -0.15) is 0 Å². The van der Waals surface area contributed by atoms with Crippen LogP contribution in [0.4, 0.5) is 15.2 Å². The molecule has 3 aromatic rings. The predicted molar refractivity (Wildman–Crippen MR) is 107 cm³/mol. The van der Waals surface area contributed by atoms with Crippen LogP contribution in [-0.4, -0.2) is 17.1 Å². The van der Waals surface area contributed by atoms with Gasteiger partial charge in [-0.3, -0.25) is 9.52 Å². The van der Waals surface area contributed by atoms with Gasteiger partial charge in [-0.05, 0) is 24.6 Å². The monoisotopic (exact) mass is 387 g/mol. The molecule has 0 bridgehead atoms. The van der Waals surface area contributed by atoms with Crippen LogP contribution in [0.5, 0.6) is 0 Å². The van der Waals surface area contributed by atoms with Gasteiger partial charge in [0.05, 0.1) is 12.2 Å². The van der Waals surface area contributed by atoms with Crippen molar-refractivity contribution in [3.63, 3.8) is 0 Å². The first-order valence-electron chi connectivity index (χ1n) is 7.97. The van der Waals surface area contributed by atoms with Crippen LogP contribution >= 0.6 is 23.3 Å². The van der Waals surface area contributed by atoms with Gasteiger partial charge in [0.25, 0.3) is 5.91 Å². The van der Waals surface area contributed by atoms with E-state index in [2.05, 4.69) is 9.71 Å². The number of para-hydroxylation sites is 1. The maximum absolute atomic E-state index is 14.5. The zero-order valence-electron chi connectivity index (χ0n) is 14.4. The first-order valence-corrected chi connectivity index (χ1v) is 10.0. The molecule has 1 heterocycles. The first-order chi connectivity index (χ1) is 12.6. The Morgan fingerprint density at radius 2 is 1.88 bits per heavy atom. The van der Waals surface area contributed by atoms with Crippen LogP contribution in [0.1, 0.15) is 20.9 Å². The fourth-order valence-electron chi connectivity index (χ4n) is 2.54. The fraction of sp³-hybridized carbons (Fsp3) is 0.158. The molecule has 1 N–H and O–H groups in total. The molecule has 7 heteroatoms. The molecule has 0 aliphatic heterocycles. The molecular formula is C19H18FN3OS2. The SMILES string of the molecule is CSNC(=O)c1nc(N(Cc2ccccc2)c2ccccc2F)sc1C. The van der Waals surface area contributed by atoms with Crippen molar-refractivity contribution >= 4 is 40.0 Å². The number of carbonyl (C=O) groups is 1. The maximum atomic E-state index is 14.5. The molecule has 1 amide bonds. The van der Waals surface area contributed by atoms with E-state index in [0.29, 0.717) is 23.1 Å². The summed E-state index contributed by atoms with van der Waals surface area (Å²) in [5.41, 5.74) is 1.83. The van der Waals surface area contributed by atoms with E-state index in [1.54, 1.807) is 29.4 Å². The molecule has 0 saturated carbocycles. The Morgan fingerprint density at radius 1 is 1.19 bits per heavy atom. The van der Waals surface area contributed by atoms with E-state index in [1.807, 2.05) is 37.3 Å². The second kappa shape index (κ2) is 8.33. The number of hydrogen-bond donors (Lipinski definition) is 1. The summed E-state index contributed by atoms with van der Waals surface area (Å²) < 4.78 is 17.2. The van der Waals surface area contributed by atoms with Crippen LogP contribution < -0.4 is 9.62 Å². The Balaban J connectivity index is 2.02. The van der Waals surface area contributed by atoms with Gasteiger partial charge < -0.3 is 4.90 Å². The van der Waals surface area contributed by atoms with Crippen molar-refractivity contribution in [2.75, 3.05) is 11.2 Å². The number of aryl methyl sites for hydroxylation is 1. The topological polar surface area (TPSA) is 45.2 Å². The number of anilines is 2. The molecule has 1 aromatic heterocycles. The van der Waals surface area contributed by atoms with Gasteiger partial charge in [0.2, 0.25) is 0 Å². The molecule has 3 rings (SSSR count). The van der Waals surface area contributed by atoms with E-state index < -0.39 is 0 Å². The van der Waals surface area contributed by atoms with E-state index in [1.165, 1.54) is 29.4 Å². The molecule has 0 fully saturated rings. The van der Waals surface area contributed by atoms with Crippen molar-refractivity contribution in [3.05, 3.63) is 76.5 Å². The lowest BCUT2D eigenvalue weighted by Crippen LogP contribution is -2.19. The molecule has 2 aromatic carbocycles. The smallest absolute Gasteiger partial charge is 0.280 e. The van der Waals surface area contributed by atoms with Crippen LogP contribution in [-0.2, 0) is 6.54 Å². The van der Waals surface area contributed by atoms with Gasteiger partial charge in [0.15, 0.2) is 5.13 Å². The Kier molecular flexibility index (Phi) is 5.90. The summed E-state index contributed by atoms with van der Waals surface area (Å²) in [6, 6.07) is 16.4. The first kappa shape index (κ1) is 18.4. The van der Waals surface area contributed by atoms with Crippen molar-refractivity contribution in [2.24, 2.45) is 0 Å². The molecule has 0 saturated heterocycles. The Bertz CT molecular complexity index is 899. The highest BCUT2D eigenvalue weighted by molar-refractivity contribution is 7.97. The van der Waals surface area contributed by atoms with Gasteiger partial charge in [-0.15, -0.1) is 11.3 Å². The van der Waals surface area contributed by atoms with Crippen molar-refractivity contribution in [1.29, 1.82) is 0 Å². The summed E-state index contributed by atoms with van der Waals surface area (Å²) in [4.78, 5) is 19.3. The average Bonchev–Trinajstić information content (AvgIpc) is 3.03. The lowest BCUT2D eigenvalue weighted by molar-refractivity contribution is 0.0980. The van der Waals surface area contributed by atoms with Gasteiger partial charge >= 0.3 is 0 Å². The van der Waals surface area contributed by atoms with Crippen LogP contribution in [0, 0.1) is 12.7 Å². The zero-order chi connectivity index (χ0) is 18.5. The molecular weight excluding hydrogens is 369 g/mol. The molecule has 0 aliphatic rings. The third kappa shape index (κ3) is 4.05. The molecule has 134 valence electrons. The van der Waals surface area contributed by atoms with Gasteiger partial charge in [0.1, 0.15) is 11.5 Å². The molecule has 0 unspecified atom stereocenters. The number of carbonyl (C=O) groups excluding carboxylic acids is 1. The van der Waals surface area contributed by atoms with E-state index >= 15 is 0 Å². The highest BCUT2D eigenvalue weighted by Gasteiger charge is 2.22. The van der Waals surface area contributed by atoms with Gasteiger partial charge in [0, 0.05) is 11.1 Å². The minimum absolute atomic E-state index is 0.245. The van der Waals surface area contributed by atoms with E-state index in [9.17, 15) is 9.18 Å². The fourth-order valence-corrected chi connectivity index (χ4v) is 3.74. The summed E-state index contributed by atoms with van der Waals surface area (Å²) in [7, 11) is 0. The molecule has 0 radical (unpaired) electrons. The molecule has 4 nitrogen and oxygen atoms in total. The van der Waals surface area contributed by atoms with Crippen LogP contribution in [0.2, 0.25) is 0 Å². The Morgan fingerprint density at radius 3 is 2.58 bits per heavy atom. The second-order valence-electron chi connectivity index (χ2n) is 5.56. The third-order valence-electron chi connectivity index (χ3n) is 3.75. The Hall–Kier alpha value is -2.38. The number of aromatic nitrogens is 1. The average molecular weight is 388 g/mol. The van der Waals surface area contributed by atoms with Crippen LogP contribution in [0.25, 0.3) is 0 Å². The quantitative estimate of drug-likeness (QED) is 0.609. The number of rotatable bonds is 6. The van der Waals surface area contributed by atoms with Gasteiger partial charge in [-0.25, -0.2) is 9.37 Å². The number of amides is 1. The van der Waals surface area contributed by atoms with Crippen LogP contribution in [0.3, 0.4) is 0 Å². The van der Waals surface area contributed by atoms with Crippen molar-refractivity contribution < 1.29 is 9.18 Å². The zero-order valence-corrected chi connectivity index (χ0v) is 16.0. The minimum Gasteiger partial charge on any atom is -0.311 e. The number of hydrogen-bond acceptors (Lipinski definition) is 5. The lowest BCUT2D eigenvalue weighted by Gasteiger charge is -2.22. The largest absolute Gasteiger partial charge is 0.311 e. The summed E-state index contributed by atoms with van der Waals surface area (Å²) >= 11 is 2.60. The van der Waals surface area contributed by atoms with E-state index in [4.69, 9.17) is 0 Å². The maximum Gasteiger partial charge on any atom is 0.280 e. The van der Waals surface area contributed by atoms with Crippen molar-refractivity contribution in [3.8, 4) is 0 Å². The summed E-state index contributed by atoms with van der Waals surface area (Å²) in [6.45, 7) is 2.30. The molecule has 0 spiro atoms. The summed E-state index contributed by atoms with van der Waals surface area (Å²) in [5.74, 6) is -0.572. The number of nitrogens with one attached hydrogen (secondary N) is 1. The minimum atomic E-state index is -0.327. The molecule has 0 atom stereocenters. The molecule has 0 aliphatic carbocycles. The normalized spacial score (nSPS) is 10.6. The standard InChI is InChI=1S/C19H18FN3OS2/c1-13-17(18(24)22-25-2)21-19(26-13)23(12-14-8-4-3-5-9-14)16-11-7-6-10-15(16)20/h3-11H,12H2,1-2H3,(H,22,24). The number of thiazole rings is 1. The summed E-state index contributed by atoms with van der Waals surface area (Å²) in [6.07, 6.45) is 1.78. The highest BCUT2D eigenvalue weighted by atomic mass is 32.2. The van der Waals surface area contributed by atoms with E-state index in [-0.39, 0.29) is 11.7 Å². The lowest BCUT2D eigenvalue weighted by atomic mass is 10.2. The van der Waals surface area contributed by atoms with Crippen LogP contribution in [0.15, 0.2) is 54.6 Å². The Labute approximate surface area is 160 Å². The second-order valence-corrected chi connectivity index (χ2v) is 7.35. The number of benzene rings is 2. The third-order valence-corrected chi connectivity index (χ3v) is 5.14. The number of nitrogens with zero attached hydrogens (tertiary/aromatic N) is 2. The summed E-state index contributed by atoms with van der Waals surface area (Å²) in [5, 5.41) is 0.586. The highest BCUT2D eigenvalue weighted by Crippen LogP contribution is 2.34. The van der Waals surface area contributed by atoms with Crippen molar-refractivity contribution in [2.45, 2.75) is 13.5 Å². The predicted octanol–water partition coefficient (Wildman–Crippen LogP) is 4.94.